The smallest absolute Gasteiger partial charge is 0.191 e. The Morgan fingerprint density at radius 3 is 2.48 bits per heavy atom. The van der Waals surface area contributed by atoms with Crippen LogP contribution in [0.25, 0.3) is 0 Å². The van der Waals surface area contributed by atoms with E-state index in [1.54, 1.807) is 7.11 Å². The Morgan fingerprint density at radius 1 is 1.04 bits per heavy atom. The average Bonchev–Trinajstić information content (AvgIpc) is 2.72. The van der Waals surface area contributed by atoms with E-state index in [0.29, 0.717) is 6.54 Å². The van der Waals surface area contributed by atoms with E-state index in [-0.39, 0.29) is 0 Å². The Balaban J connectivity index is 1.68. The first-order chi connectivity index (χ1) is 13.3. The predicted octanol–water partition coefficient (Wildman–Crippen LogP) is 2.17. The molecule has 1 aliphatic heterocycles. The van der Waals surface area contributed by atoms with Crippen LogP contribution in [0.2, 0.25) is 0 Å². The number of hydrogen-bond acceptors (Lipinski definition) is 4. The van der Waals surface area contributed by atoms with Crippen LogP contribution in [-0.2, 0) is 6.54 Å². The van der Waals surface area contributed by atoms with Gasteiger partial charge in [0.05, 0.1) is 13.7 Å². The molecule has 0 amide bonds. The van der Waals surface area contributed by atoms with Crippen molar-refractivity contribution < 1.29 is 4.74 Å². The number of piperazine rings is 1. The molecule has 0 aliphatic carbocycles. The van der Waals surface area contributed by atoms with Crippen LogP contribution < -0.4 is 15.4 Å². The van der Waals surface area contributed by atoms with Gasteiger partial charge in [-0.1, -0.05) is 25.1 Å². The van der Waals surface area contributed by atoms with Crippen LogP contribution in [0, 0.1) is 0 Å². The van der Waals surface area contributed by atoms with Crippen molar-refractivity contribution >= 4 is 5.96 Å². The minimum Gasteiger partial charge on any atom is -0.496 e. The summed E-state index contributed by atoms with van der Waals surface area (Å²) in [6.45, 7) is 14.0. The van der Waals surface area contributed by atoms with Gasteiger partial charge >= 0.3 is 0 Å². The van der Waals surface area contributed by atoms with Crippen molar-refractivity contribution in [3.8, 4) is 5.75 Å². The lowest BCUT2D eigenvalue weighted by atomic mass is 10.2. The number of likely N-dealkylation sites (N-methyl/N-ethyl adjacent to an activating group) is 1. The molecular formula is C21H37N5O. The lowest BCUT2D eigenvalue weighted by Gasteiger charge is -2.34. The molecule has 2 N–H and O–H groups in total. The van der Waals surface area contributed by atoms with Crippen molar-refractivity contribution in [2.24, 2.45) is 4.99 Å². The summed E-state index contributed by atoms with van der Waals surface area (Å²) in [6, 6.07) is 8.04. The Labute approximate surface area is 165 Å². The topological polar surface area (TPSA) is 52.1 Å². The molecule has 0 radical (unpaired) electrons. The molecule has 0 unspecified atom stereocenters. The fraction of sp³-hybridized carbons (Fsp3) is 0.667. The van der Waals surface area contributed by atoms with Gasteiger partial charge in [0.25, 0.3) is 0 Å². The normalized spacial score (nSPS) is 16.3. The van der Waals surface area contributed by atoms with Gasteiger partial charge in [0.2, 0.25) is 0 Å². The van der Waals surface area contributed by atoms with Crippen LogP contribution in [0.15, 0.2) is 29.3 Å². The van der Waals surface area contributed by atoms with E-state index in [1.165, 1.54) is 45.7 Å². The number of unbranched alkanes of at least 4 members (excludes halogenated alkanes) is 1. The summed E-state index contributed by atoms with van der Waals surface area (Å²) in [5.74, 6) is 1.76. The van der Waals surface area contributed by atoms with Gasteiger partial charge in [-0.25, -0.2) is 4.99 Å². The van der Waals surface area contributed by atoms with Crippen molar-refractivity contribution in [2.75, 3.05) is 59.5 Å². The lowest BCUT2D eigenvalue weighted by Crippen LogP contribution is -2.46. The molecular weight excluding hydrogens is 338 g/mol. The fourth-order valence-electron chi connectivity index (χ4n) is 3.34. The maximum atomic E-state index is 5.40. The Bertz CT molecular complexity index is 555. The standard InChI is InChI=1S/C21H37N5O/c1-4-22-21(24-18-19-10-6-7-11-20(19)27-3)23-12-8-9-13-26-16-14-25(5-2)15-17-26/h6-7,10-11H,4-5,8-9,12-18H2,1-3H3,(H2,22,23,24). The molecule has 0 saturated carbocycles. The molecule has 2 rings (SSSR count). The number of benzene rings is 1. The van der Waals surface area contributed by atoms with Crippen LogP contribution >= 0.6 is 0 Å². The molecule has 152 valence electrons. The summed E-state index contributed by atoms with van der Waals surface area (Å²) in [7, 11) is 1.70. The van der Waals surface area contributed by atoms with Gasteiger partial charge < -0.3 is 25.2 Å². The molecule has 6 heteroatoms. The second kappa shape index (κ2) is 12.6. The highest BCUT2D eigenvalue weighted by Crippen LogP contribution is 2.17. The number of methoxy groups -OCH3 is 1. The van der Waals surface area contributed by atoms with E-state index in [0.717, 1.165) is 36.8 Å². The first kappa shape index (κ1) is 21.5. The van der Waals surface area contributed by atoms with E-state index in [2.05, 4.69) is 40.3 Å². The van der Waals surface area contributed by atoms with Crippen molar-refractivity contribution in [2.45, 2.75) is 33.2 Å². The number of para-hydroxylation sites is 1. The SMILES string of the molecule is CCNC(=NCc1ccccc1OC)NCCCCN1CCN(CC)CC1. The zero-order chi connectivity index (χ0) is 19.3. The summed E-state index contributed by atoms with van der Waals surface area (Å²) in [4.78, 5) is 9.81. The van der Waals surface area contributed by atoms with Crippen LogP contribution in [0.4, 0.5) is 0 Å². The van der Waals surface area contributed by atoms with E-state index < -0.39 is 0 Å². The number of nitrogens with zero attached hydrogens (tertiary/aromatic N) is 3. The number of rotatable bonds is 10. The zero-order valence-corrected chi connectivity index (χ0v) is 17.3. The van der Waals surface area contributed by atoms with Crippen molar-refractivity contribution in [1.29, 1.82) is 0 Å². The summed E-state index contributed by atoms with van der Waals surface area (Å²) < 4.78 is 5.40. The second-order valence-corrected chi connectivity index (χ2v) is 6.92. The molecule has 1 aliphatic rings. The monoisotopic (exact) mass is 375 g/mol. The van der Waals surface area contributed by atoms with Gasteiger partial charge in [0.1, 0.15) is 5.75 Å². The quantitative estimate of drug-likeness (QED) is 0.373. The summed E-state index contributed by atoms with van der Waals surface area (Å²) in [5.41, 5.74) is 1.10. The van der Waals surface area contributed by atoms with Crippen molar-refractivity contribution in [3.05, 3.63) is 29.8 Å². The minimum absolute atomic E-state index is 0.612. The molecule has 27 heavy (non-hydrogen) atoms. The fourth-order valence-corrected chi connectivity index (χ4v) is 3.34. The second-order valence-electron chi connectivity index (χ2n) is 6.92. The molecule has 0 bridgehead atoms. The molecule has 0 spiro atoms. The molecule has 1 fully saturated rings. The Kier molecular flexibility index (Phi) is 10.0. The minimum atomic E-state index is 0.612. The van der Waals surface area contributed by atoms with Crippen molar-refractivity contribution in [1.82, 2.24) is 20.4 Å². The highest BCUT2D eigenvalue weighted by atomic mass is 16.5. The zero-order valence-electron chi connectivity index (χ0n) is 17.3. The maximum Gasteiger partial charge on any atom is 0.191 e. The van der Waals surface area contributed by atoms with Gasteiger partial charge in [-0.3, -0.25) is 0 Å². The van der Waals surface area contributed by atoms with E-state index in [4.69, 9.17) is 9.73 Å². The predicted molar refractivity (Wildman–Crippen MR) is 114 cm³/mol. The van der Waals surface area contributed by atoms with Gasteiger partial charge in [0, 0.05) is 44.8 Å². The lowest BCUT2D eigenvalue weighted by molar-refractivity contribution is 0.136. The summed E-state index contributed by atoms with van der Waals surface area (Å²) in [5, 5.41) is 6.78. The molecule has 0 aromatic heterocycles. The van der Waals surface area contributed by atoms with Gasteiger partial charge in [-0.2, -0.15) is 0 Å². The molecule has 1 aromatic rings. The first-order valence-corrected chi connectivity index (χ1v) is 10.4. The molecule has 0 atom stereocenters. The summed E-state index contributed by atoms with van der Waals surface area (Å²) in [6.07, 6.45) is 2.39. The Morgan fingerprint density at radius 2 is 1.78 bits per heavy atom. The number of aliphatic imine (C=N–C) groups is 1. The van der Waals surface area contributed by atoms with Crippen molar-refractivity contribution in [3.63, 3.8) is 0 Å². The third-order valence-electron chi connectivity index (χ3n) is 5.05. The van der Waals surface area contributed by atoms with E-state index >= 15 is 0 Å². The van der Waals surface area contributed by atoms with Crippen LogP contribution in [0.1, 0.15) is 32.3 Å². The molecule has 6 nitrogen and oxygen atoms in total. The third kappa shape index (κ3) is 7.77. The number of nitrogens with one attached hydrogen (secondary N) is 2. The largest absolute Gasteiger partial charge is 0.496 e. The number of guanidine groups is 1. The number of hydrogen-bond donors (Lipinski definition) is 2. The van der Waals surface area contributed by atoms with Crippen LogP contribution in [0.3, 0.4) is 0 Å². The molecule has 1 aromatic carbocycles. The number of ether oxygens (including phenoxy) is 1. The van der Waals surface area contributed by atoms with E-state index in [1.807, 2.05) is 18.2 Å². The third-order valence-corrected chi connectivity index (χ3v) is 5.05. The molecule has 1 heterocycles. The highest BCUT2D eigenvalue weighted by molar-refractivity contribution is 5.79. The highest BCUT2D eigenvalue weighted by Gasteiger charge is 2.14. The summed E-state index contributed by atoms with van der Waals surface area (Å²) >= 11 is 0. The van der Waals surface area contributed by atoms with Gasteiger partial charge in [-0.05, 0) is 38.9 Å². The average molecular weight is 376 g/mol. The van der Waals surface area contributed by atoms with E-state index in [9.17, 15) is 0 Å². The van der Waals surface area contributed by atoms with Crippen LogP contribution in [0.5, 0.6) is 5.75 Å². The molecule has 1 saturated heterocycles. The Hall–Kier alpha value is -1.79. The first-order valence-electron chi connectivity index (χ1n) is 10.4. The maximum absolute atomic E-state index is 5.40. The van der Waals surface area contributed by atoms with Gasteiger partial charge in [-0.15, -0.1) is 0 Å². The van der Waals surface area contributed by atoms with Crippen LogP contribution in [-0.4, -0.2) is 75.2 Å². The van der Waals surface area contributed by atoms with Gasteiger partial charge in [0.15, 0.2) is 5.96 Å².